The molecule has 6 nitrogen and oxygen atoms in total. The van der Waals surface area contributed by atoms with E-state index in [4.69, 9.17) is 5.11 Å². The van der Waals surface area contributed by atoms with Crippen molar-refractivity contribution in [3.8, 4) is 0 Å². The first-order chi connectivity index (χ1) is 10.8. The fourth-order valence-corrected chi connectivity index (χ4v) is 2.34. The van der Waals surface area contributed by atoms with E-state index in [9.17, 15) is 23.2 Å². The van der Waals surface area contributed by atoms with Crippen LogP contribution < -0.4 is 10.2 Å². The van der Waals surface area contributed by atoms with E-state index < -0.39 is 41.3 Å². The van der Waals surface area contributed by atoms with Crippen molar-refractivity contribution in [2.75, 3.05) is 18.0 Å². The second-order valence-corrected chi connectivity index (χ2v) is 5.44. The lowest BCUT2D eigenvalue weighted by Crippen LogP contribution is -2.39. The molecule has 0 spiro atoms. The van der Waals surface area contributed by atoms with Crippen molar-refractivity contribution in [1.29, 1.82) is 0 Å². The number of carboxylic acid groups (broad SMARTS) is 1. The van der Waals surface area contributed by atoms with Gasteiger partial charge in [0.1, 0.15) is 17.6 Å². The Bertz CT molecular complexity index is 630. The zero-order valence-electron chi connectivity index (χ0n) is 12.4. The van der Waals surface area contributed by atoms with Gasteiger partial charge in [0.25, 0.3) is 0 Å². The molecule has 1 aliphatic rings. The van der Waals surface area contributed by atoms with Gasteiger partial charge in [-0.3, -0.25) is 14.4 Å². The lowest BCUT2D eigenvalue weighted by Gasteiger charge is -2.17. The average molecular weight is 326 g/mol. The number of carbonyl (C=O) groups is 3. The SMILES string of the molecule is C[C@@H](CNC(=O)[C@@H]1CCN(c2cc(F)cc(F)c2)C1=O)C(=O)O. The Kier molecular flexibility index (Phi) is 4.92. The Morgan fingerprint density at radius 1 is 1.35 bits per heavy atom. The molecule has 1 aromatic carbocycles. The minimum Gasteiger partial charge on any atom is -0.481 e. The maximum atomic E-state index is 13.2. The molecule has 1 aliphatic heterocycles. The summed E-state index contributed by atoms with van der Waals surface area (Å²) in [6.45, 7) is 1.50. The predicted octanol–water partition coefficient (Wildman–Crippen LogP) is 1.15. The highest BCUT2D eigenvalue weighted by Gasteiger charge is 2.38. The molecule has 0 bridgehead atoms. The number of nitrogens with zero attached hydrogens (tertiary/aromatic N) is 1. The number of hydrogen-bond donors (Lipinski definition) is 2. The minimum atomic E-state index is -1.06. The molecule has 0 unspecified atom stereocenters. The maximum absolute atomic E-state index is 13.2. The predicted molar refractivity (Wildman–Crippen MR) is 76.6 cm³/mol. The highest BCUT2D eigenvalue weighted by atomic mass is 19.1. The van der Waals surface area contributed by atoms with Crippen LogP contribution in [0.5, 0.6) is 0 Å². The van der Waals surface area contributed by atoms with Crippen LogP contribution in [0.4, 0.5) is 14.5 Å². The summed E-state index contributed by atoms with van der Waals surface area (Å²) < 4.78 is 26.5. The van der Waals surface area contributed by atoms with Crippen molar-refractivity contribution in [2.45, 2.75) is 13.3 Å². The quantitative estimate of drug-likeness (QED) is 0.795. The van der Waals surface area contributed by atoms with E-state index in [2.05, 4.69) is 5.32 Å². The average Bonchev–Trinajstić information content (AvgIpc) is 2.85. The molecule has 2 atom stereocenters. The molecule has 2 amide bonds. The fourth-order valence-electron chi connectivity index (χ4n) is 2.34. The highest BCUT2D eigenvalue weighted by Crippen LogP contribution is 2.26. The number of carbonyl (C=O) groups excluding carboxylic acids is 2. The van der Waals surface area contributed by atoms with Crippen molar-refractivity contribution in [3.05, 3.63) is 29.8 Å². The number of amides is 2. The number of hydrogen-bond acceptors (Lipinski definition) is 3. The summed E-state index contributed by atoms with van der Waals surface area (Å²) >= 11 is 0. The van der Waals surface area contributed by atoms with Gasteiger partial charge in [-0.1, -0.05) is 6.92 Å². The second kappa shape index (κ2) is 6.72. The van der Waals surface area contributed by atoms with Gasteiger partial charge in [0.05, 0.1) is 5.92 Å². The van der Waals surface area contributed by atoms with Gasteiger partial charge in [0, 0.05) is 24.8 Å². The first-order valence-corrected chi connectivity index (χ1v) is 7.07. The Labute approximate surface area is 131 Å². The molecule has 2 rings (SSSR count). The van der Waals surface area contributed by atoms with Crippen molar-refractivity contribution < 1.29 is 28.3 Å². The summed E-state index contributed by atoms with van der Waals surface area (Å²) in [6, 6.07) is 2.74. The van der Waals surface area contributed by atoms with Crippen molar-refractivity contribution in [2.24, 2.45) is 11.8 Å². The normalized spacial score (nSPS) is 18.8. The summed E-state index contributed by atoms with van der Waals surface area (Å²) in [5.74, 6) is -5.57. The standard InChI is InChI=1S/C15H16F2N2O4/c1-8(15(22)23)7-18-13(20)12-2-3-19(14(12)21)11-5-9(16)4-10(17)6-11/h4-6,8,12H,2-3,7H2,1H3,(H,18,20)(H,22,23)/t8-,12-/m0/s1. The molecule has 0 aromatic heterocycles. The highest BCUT2D eigenvalue weighted by molar-refractivity contribution is 6.09. The summed E-state index contributed by atoms with van der Waals surface area (Å²) in [5.41, 5.74) is 0.0571. The van der Waals surface area contributed by atoms with Crippen molar-refractivity contribution in [3.63, 3.8) is 0 Å². The van der Waals surface area contributed by atoms with E-state index in [0.717, 1.165) is 17.0 Å². The van der Waals surface area contributed by atoms with Crippen LogP contribution in [0.2, 0.25) is 0 Å². The second-order valence-electron chi connectivity index (χ2n) is 5.44. The van der Waals surface area contributed by atoms with E-state index in [1.165, 1.54) is 6.92 Å². The van der Waals surface area contributed by atoms with Gasteiger partial charge >= 0.3 is 5.97 Å². The van der Waals surface area contributed by atoms with Crippen LogP contribution in [-0.4, -0.2) is 36.0 Å². The largest absolute Gasteiger partial charge is 0.481 e. The van der Waals surface area contributed by atoms with Crippen LogP contribution in [0.15, 0.2) is 18.2 Å². The van der Waals surface area contributed by atoms with Crippen molar-refractivity contribution in [1.82, 2.24) is 5.32 Å². The third kappa shape index (κ3) is 3.82. The van der Waals surface area contributed by atoms with Crippen LogP contribution in [0.1, 0.15) is 13.3 Å². The number of rotatable bonds is 5. The minimum absolute atomic E-state index is 0.0571. The Balaban J connectivity index is 2.03. The molecular formula is C15H16F2N2O4. The van der Waals surface area contributed by atoms with Crippen molar-refractivity contribution >= 4 is 23.5 Å². The molecule has 1 aromatic rings. The van der Waals surface area contributed by atoms with Gasteiger partial charge in [-0.2, -0.15) is 0 Å². The van der Waals surface area contributed by atoms with Gasteiger partial charge in [-0.05, 0) is 18.6 Å². The molecule has 1 saturated heterocycles. The number of carboxylic acids is 1. The van der Waals surface area contributed by atoms with Crippen LogP contribution in [0.3, 0.4) is 0 Å². The Hall–Kier alpha value is -2.51. The molecule has 23 heavy (non-hydrogen) atoms. The van der Waals surface area contributed by atoms with Crippen LogP contribution in [0, 0.1) is 23.5 Å². The van der Waals surface area contributed by atoms with Gasteiger partial charge in [0.15, 0.2) is 0 Å². The van der Waals surface area contributed by atoms with E-state index in [1.54, 1.807) is 0 Å². The van der Waals surface area contributed by atoms with E-state index in [1.807, 2.05) is 0 Å². The molecule has 124 valence electrons. The first-order valence-electron chi connectivity index (χ1n) is 7.07. The number of nitrogens with one attached hydrogen (secondary N) is 1. The first kappa shape index (κ1) is 16.9. The molecule has 1 heterocycles. The Morgan fingerprint density at radius 2 is 1.96 bits per heavy atom. The smallest absolute Gasteiger partial charge is 0.308 e. The van der Waals surface area contributed by atoms with Crippen LogP contribution >= 0.6 is 0 Å². The number of halogens is 2. The van der Waals surface area contributed by atoms with Crippen LogP contribution in [0.25, 0.3) is 0 Å². The molecule has 2 N–H and O–H groups in total. The lowest BCUT2D eigenvalue weighted by molar-refractivity contribution is -0.141. The number of benzene rings is 1. The third-order valence-electron chi connectivity index (χ3n) is 3.69. The monoisotopic (exact) mass is 326 g/mol. The summed E-state index contributed by atoms with van der Waals surface area (Å²) in [7, 11) is 0. The summed E-state index contributed by atoms with van der Waals surface area (Å²) in [5, 5.41) is 11.2. The van der Waals surface area contributed by atoms with Gasteiger partial charge in [-0.25, -0.2) is 8.78 Å². The van der Waals surface area contributed by atoms with E-state index in [0.29, 0.717) is 6.07 Å². The van der Waals surface area contributed by atoms with Gasteiger partial charge in [0.2, 0.25) is 11.8 Å². The van der Waals surface area contributed by atoms with Crippen LogP contribution in [-0.2, 0) is 14.4 Å². The van der Waals surface area contributed by atoms with Gasteiger partial charge in [-0.15, -0.1) is 0 Å². The third-order valence-corrected chi connectivity index (χ3v) is 3.69. The summed E-state index contributed by atoms with van der Waals surface area (Å²) in [6.07, 6.45) is 0.199. The molecular weight excluding hydrogens is 310 g/mol. The number of anilines is 1. The maximum Gasteiger partial charge on any atom is 0.308 e. The zero-order valence-corrected chi connectivity index (χ0v) is 12.4. The molecule has 0 radical (unpaired) electrons. The van der Waals surface area contributed by atoms with E-state index >= 15 is 0 Å². The fraction of sp³-hybridized carbons (Fsp3) is 0.400. The molecule has 1 fully saturated rings. The lowest BCUT2D eigenvalue weighted by atomic mass is 10.1. The topological polar surface area (TPSA) is 86.7 Å². The number of aliphatic carboxylic acids is 1. The Morgan fingerprint density at radius 3 is 2.52 bits per heavy atom. The summed E-state index contributed by atoms with van der Waals surface area (Å²) in [4.78, 5) is 36.1. The molecule has 0 saturated carbocycles. The van der Waals surface area contributed by atoms with E-state index in [-0.39, 0.29) is 25.2 Å². The van der Waals surface area contributed by atoms with Gasteiger partial charge < -0.3 is 15.3 Å². The molecule has 0 aliphatic carbocycles. The molecule has 8 heteroatoms. The zero-order chi connectivity index (χ0) is 17.1.